The molecule has 0 atom stereocenters. The van der Waals surface area contributed by atoms with E-state index in [2.05, 4.69) is 5.32 Å². The number of anilines is 1. The summed E-state index contributed by atoms with van der Waals surface area (Å²) in [6.07, 6.45) is 1.94. The molecule has 1 aliphatic heterocycles. The van der Waals surface area contributed by atoms with Gasteiger partial charge in [-0.2, -0.15) is 0 Å². The molecule has 35 heavy (non-hydrogen) atoms. The van der Waals surface area contributed by atoms with Crippen molar-refractivity contribution in [1.82, 2.24) is 10.4 Å². The van der Waals surface area contributed by atoms with Gasteiger partial charge in [0.2, 0.25) is 0 Å². The number of benzene rings is 3. The lowest BCUT2D eigenvalue weighted by molar-refractivity contribution is 0.0706. The third-order valence-electron chi connectivity index (χ3n) is 6.09. The van der Waals surface area contributed by atoms with Crippen molar-refractivity contribution in [2.75, 3.05) is 25.5 Å². The summed E-state index contributed by atoms with van der Waals surface area (Å²) in [5, 5.41) is 11.8. The van der Waals surface area contributed by atoms with Crippen molar-refractivity contribution in [1.29, 1.82) is 0 Å². The molecule has 0 aromatic heterocycles. The molecular weight excluding hydrogens is 446 g/mol. The Hall–Kier alpha value is -4.17. The number of amides is 3. The molecule has 3 aromatic carbocycles. The topological polar surface area (TPSA) is 108 Å². The fourth-order valence-corrected chi connectivity index (χ4v) is 4.19. The van der Waals surface area contributed by atoms with Crippen molar-refractivity contribution >= 4 is 23.4 Å². The van der Waals surface area contributed by atoms with Crippen LogP contribution in [0.3, 0.4) is 0 Å². The summed E-state index contributed by atoms with van der Waals surface area (Å²) in [6, 6.07) is 17.1. The summed E-state index contributed by atoms with van der Waals surface area (Å²) in [6.45, 7) is 3.25. The lowest BCUT2D eigenvalue weighted by Gasteiger charge is -2.17. The third-order valence-corrected chi connectivity index (χ3v) is 6.09. The number of nitrogens with zero attached hydrogens (tertiary/aromatic N) is 1. The minimum absolute atomic E-state index is 0.0863. The molecule has 1 heterocycles. The monoisotopic (exact) mass is 473 g/mol. The Morgan fingerprint density at radius 2 is 1.57 bits per heavy atom. The van der Waals surface area contributed by atoms with Crippen LogP contribution in [0.2, 0.25) is 0 Å². The van der Waals surface area contributed by atoms with Gasteiger partial charge in [0.05, 0.1) is 7.11 Å². The van der Waals surface area contributed by atoms with E-state index in [0.717, 1.165) is 24.0 Å². The van der Waals surface area contributed by atoms with E-state index in [0.29, 0.717) is 46.8 Å². The fraction of sp³-hybridized carbons (Fsp3) is 0.222. The van der Waals surface area contributed by atoms with E-state index in [-0.39, 0.29) is 11.8 Å². The Morgan fingerprint density at radius 1 is 0.857 bits per heavy atom. The number of nitrogens with one attached hydrogen (secondary N) is 2. The Kier molecular flexibility index (Phi) is 7.12. The Balaban J connectivity index is 1.69. The number of aryl methyl sites for hydroxylation is 1. The van der Waals surface area contributed by atoms with Gasteiger partial charge in [-0.1, -0.05) is 12.1 Å². The normalized spacial score (nSPS) is 12.8. The van der Waals surface area contributed by atoms with Crippen molar-refractivity contribution in [3.05, 3.63) is 82.9 Å². The highest BCUT2D eigenvalue weighted by molar-refractivity contribution is 6.06. The molecule has 1 aliphatic rings. The molecule has 8 nitrogen and oxygen atoms in total. The predicted octanol–water partition coefficient (Wildman–Crippen LogP) is 4.28. The third kappa shape index (κ3) is 5.33. The first kappa shape index (κ1) is 24.0. The molecule has 3 N–H and O–H groups in total. The van der Waals surface area contributed by atoms with Crippen LogP contribution in [-0.2, 0) is 0 Å². The zero-order valence-electron chi connectivity index (χ0n) is 19.6. The van der Waals surface area contributed by atoms with Crippen LogP contribution < -0.4 is 15.5 Å². The van der Waals surface area contributed by atoms with Crippen molar-refractivity contribution in [3.63, 3.8) is 0 Å². The zero-order chi connectivity index (χ0) is 24.9. The SMILES string of the molecule is COc1ccc(C(=O)Nc2cc(C(=O)N3CCCC3)cc(-c3ccc(C(=O)NO)cc3)c2)c(C)c1. The molecule has 1 saturated heterocycles. The highest BCUT2D eigenvalue weighted by Crippen LogP contribution is 2.28. The molecule has 0 aliphatic carbocycles. The first-order valence-corrected chi connectivity index (χ1v) is 11.3. The molecule has 0 unspecified atom stereocenters. The standard InChI is InChI=1S/C27H27N3O5/c1-17-13-23(35-2)9-10-24(17)26(32)28-22-15-20(18-5-7-19(8-6-18)25(31)29-34)14-21(16-22)27(33)30-11-3-4-12-30/h5-10,13-16,34H,3-4,11-12H2,1-2H3,(H,28,32)(H,29,31). The van der Waals surface area contributed by atoms with E-state index in [4.69, 9.17) is 9.94 Å². The predicted molar refractivity (Wildman–Crippen MR) is 132 cm³/mol. The first-order valence-electron chi connectivity index (χ1n) is 11.3. The van der Waals surface area contributed by atoms with Gasteiger partial charge in [0.15, 0.2) is 0 Å². The Morgan fingerprint density at radius 3 is 2.20 bits per heavy atom. The average molecular weight is 474 g/mol. The molecule has 3 amide bonds. The first-order chi connectivity index (χ1) is 16.9. The molecule has 1 fully saturated rings. The summed E-state index contributed by atoms with van der Waals surface area (Å²) in [7, 11) is 1.57. The van der Waals surface area contributed by atoms with Gasteiger partial charge in [-0.25, -0.2) is 5.48 Å². The Labute approximate surface area is 203 Å². The van der Waals surface area contributed by atoms with Crippen molar-refractivity contribution in [2.45, 2.75) is 19.8 Å². The number of likely N-dealkylation sites (tertiary alicyclic amines) is 1. The second-order valence-corrected chi connectivity index (χ2v) is 8.45. The van der Waals surface area contributed by atoms with E-state index in [9.17, 15) is 14.4 Å². The van der Waals surface area contributed by atoms with Crippen molar-refractivity contribution in [2.24, 2.45) is 0 Å². The largest absolute Gasteiger partial charge is 0.497 e. The van der Waals surface area contributed by atoms with Crippen LogP contribution in [0.15, 0.2) is 60.7 Å². The van der Waals surface area contributed by atoms with Crippen LogP contribution >= 0.6 is 0 Å². The maximum atomic E-state index is 13.2. The van der Waals surface area contributed by atoms with Gasteiger partial charge in [-0.15, -0.1) is 0 Å². The zero-order valence-corrected chi connectivity index (χ0v) is 19.6. The van der Waals surface area contributed by atoms with E-state index in [1.165, 1.54) is 0 Å². The summed E-state index contributed by atoms with van der Waals surface area (Å²) < 4.78 is 5.22. The lowest BCUT2D eigenvalue weighted by atomic mass is 9.99. The number of carbonyl (C=O) groups excluding carboxylic acids is 3. The summed E-state index contributed by atoms with van der Waals surface area (Å²) in [5.41, 5.74) is 5.61. The van der Waals surface area contributed by atoms with Crippen LogP contribution in [0.1, 0.15) is 49.5 Å². The van der Waals surface area contributed by atoms with E-state index in [1.54, 1.807) is 73.3 Å². The lowest BCUT2D eigenvalue weighted by Crippen LogP contribution is -2.27. The number of hydroxylamine groups is 1. The van der Waals surface area contributed by atoms with Crippen LogP contribution in [0.4, 0.5) is 5.69 Å². The van der Waals surface area contributed by atoms with Crippen LogP contribution in [-0.4, -0.2) is 48.0 Å². The van der Waals surface area contributed by atoms with E-state index >= 15 is 0 Å². The molecule has 0 radical (unpaired) electrons. The minimum Gasteiger partial charge on any atom is -0.497 e. The number of methoxy groups -OCH3 is 1. The fourth-order valence-electron chi connectivity index (χ4n) is 4.19. The number of rotatable bonds is 6. The smallest absolute Gasteiger partial charge is 0.274 e. The number of carbonyl (C=O) groups is 3. The minimum atomic E-state index is -0.614. The van der Waals surface area contributed by atoms with Crippen molar-refractivity contribution < 1.29 is 24.3 Å². The van der Waals surface area contributed by atoms with E-state index < -0.39 is 5.91 Å². The van der Waals surface area contributed by atoms with Gasteiger partial charge in [0.1, 0.15) is 5.75 Å². The second-order valence-electron chi connectivity index (χ2n) is 8.45. The van der Waals surface area contributed by atoms with Gasteiger partial charge >= 0.3 is 0 Å². The van der Waals surface area contributed by atoms with Gasteiger partial charge in [0, 0.05) is 35.5 Å². The molecule has 0 bridgehead atoms. The van der Waals surface area contributed by atoms with Gasteiger partial charge in [0.25, 0.3) is 17.7 Å². The van der Waals surface area contributed by atoms with Crippen LogP contribution in [0.5, 0.6) is 5.75 Å². The molecule has 3 aromatic rings. The summed E-state index contributed by atoms with van der Waals surface area (Å²) >= 11 is 0. The molecule has 0 saturated carbocycles. The number of hydrogen-bond donors (Lipinski definition) is 3. The van der Waals surface area contributed by atoms with Gasteiger partial charge in [-0.3, -0.25) is 19.6 Å². The van der Waals surface area contributed by atoms with Crippen LogP contribution in [0, 0.1) is 6.92 Å². The van der Waals surface area contributed by atoms with Crippen molar-refractivity contribution in [3.8, 4) is 16.9 Å². The van der Waals surface area contributed by atoms with E-state index in [1.807, 2.05) is 11.8 Å². The molecular formula is C27H27N3O5. The molecule has 0 spiro atoms. The molecule has 4 rings (SSSR count). The average Bonchev–Trinajstić information content (AvgIpc) is 3.42. The summed E-state index contributed by atoms with van der Waals surface area (Å²) in [5.74, 6) is -0.330. The summed E-state index contributed by atoms with van der Waals surface area (Å²) in [4.78, 5) is 39.7. The number of ether oxygens (including phenoxy) is 1. The quantitative estimate of drug-likeness (QED) is 0.366. The van der Waals surface area contributed by atoms with Gasteiger partial charge < -0.3 is 15.0 Å². The Bertz CT molecular complexity index is 1260. The highest BCUT2D eigenvalue weighted by Gasteiger charge is 2.21. The second kappa shape index (κ2) is 10.4. The van der Waals surface area contributed by atoms with Gasteiger partial charge in [-0.05, 0) is 85.0 Å². The maximum Gasteiger partial charge on any atom is 0.274 e. The maximum absolute atomic E-state index is 13.2. The highest BCUT2D eigenvalue weighted by atomic mass is 16.5. The van der Waals surface area contributed by atoms with Crippen LogP contribution in [0.25, 0.3) is 11.1 Å². The molecule has 8 heteroatoms. The number of hydrogen-bond acceptors (Lipinski definition) is 5. The molecule has 180 valence electrons.